The summed E-state index contributed by atoms with van der Waals surface area (Å²) in [6.45, 7) is 2.37. The number of hydrogen-bond acceptors (Lipinski definition) is 2. The Morgan fingerprint density at radius 2 is 1.86 bits per heavy atom. The summed E-state index contributed by atoms with van der Waals surface area (Å²) in [7, 11) is 2.28. The minimum Gasteiger partial charge on any atom is -0.310 e. The monoisotopic (exact) mass is 286 g/mol. The summed E-state index contributed by atoms with van der Waals surface area (Å²) >= 11 is 0. The van der Waals surface area contributed by atoms with E-state index in [4.69, 9.17) is 0 Å². The van der Waals surface area contributed by atoms with Crippen LogP contribution in [0.5, 0.6) is 0 Å². The first-order valence-corrected chi connectivity index (χ1v) is 8.80. The van der Waals surface area contributed by atoms with Gasteiger partial charge in [0.2, 0.25) is 0 Å². The lowest BCUT2D eigenvalue weighted by atomic mass is 9.78. The summed E-state index contributed by atoms with van der Waals surface area (Å²) in [5.74, 6) is 0.977. The van der Waals surface area contributed by atoms with E-state index in [1.54, 1.807) is 0 Å². The molecule has 1 saturated heterocycles. The maximum absolute atomic E-state index is 3.94. The van der Waals surface area contributed by atoms with Crippen LogP contribution in [0.1, 0.15) is 44.1 Å². The topological polar surface area (TPSA) is 15.3 Å². The van der Waals surface area contributed by atoms with Crippen molar-refractivity contribution >= 4 is 0 Å². The Bertz CT molecular complexity index is 417. The second-order valence-corrected chi connectivity index (χ2v) is 7.09. The van der Waals surface area contributed by atoms with E-state index in [1.807, 2.05) is 0 Å². The van der Waals surface area contributed by atoms with Crippen molar-refractivity contribution in [1.82, 2.24) is 10.2 Å². The summed E-state index contributed by atoms with van der Waals surface area (Å²) in [6, 6.07) is 12.4. The molecule has 1 N–H and O–H groups in total. The van der Waals surface area contributed by atoms with Gasteiger partial charge in [-0.05, 0) is 50.6 Å². The van der Waals surface area contributed by atoms with E-state index in [9.17, 15) is 0 Å². The zero-order valence-corrected chi connectivity index (χ0v) is 13.4. The van der Waals surface area contributed by atoms with Gasteiger partial charge >= 0.3 is 0 Å². The number of rotatable bonds is 5. The third kappa shape index (κ3) is 4.31. The van der Waals surface area contributed by atoms with Crippen molar-refractivity contribution in [3.8, 4) is 0 Å². The highest BCUT2D eigenvalue weighted by atomic mass is 15.1. The van der Waals surface area contributed by atoms with Crippen LogP contribution in [0.3, 0.4) is 0 Å². The predicted molar refractivity (Wildman–Crippen MR) is 89.5 cm³/mol. The third-order valence-corrected chi connectivity index (χ3v) is 5.40. The maximum atomic E-state index is 3.94. The minimum atomic E-state index is 0.713. The van der Waals surface area contributed by atoms with Crippen LogP contribution in [0.15, 0.2) is 30.3 Å². The molecule has 2 nitrogen and oxygen atoms in total. The first-order valence-electron chi connectivity index (χ1n) is 8.80. The zero-order valence-electron chi connectivity index (χ0n) is 13.4. The fourth-order valence-electron chi connectivity index (χ4n) is 4.15. The van der Waals surface area contributed by atoms with E-state index in [1.165, 1.54) is 50.6 Å². The van der Waals surface area contributed by atoms with E-state index in [0.29, 0.717) is 6.04 Å². The van der Waals surface area contributed by atoms with Gasteiger partial charge in [0.1, 0.15) is 0 Å². The molecule has 0 radical (unpaired) electrons. The molecule has 2 aliphatic rings. The normalized spacial score (nSPS) is 29.3. The lowest BCUT2D eigenvalue weighted by Crippen LogP contribution is -2.52. The van der Waals surface area contributed by atoms with Gasteiger partial charge in [-0.15, -0.1) is 0 Å². The van der Waals surface area contributed by atoms with E-state index < -0.39 is 0 Å². The first kappa shape index (κ1) is 15.1. The highest BCUT2D eigenvalue weighted by Crippen LogP contribution is 2.32. The molecular weight excluding hydrogens is 256 g/mol. The smallest absolute Gasteiger partial charge is 0.0197 e. The van der Waals surface area contributed by atoms with Crippen LogP contribution in [-0.4, -0.2) is 37.1 Å². The largest absolute Gasteiger partial charge is 0.310 e. The van der Waals surface area contributed by atoms with Crippen LogP contribution in [0.4, 0.5) is 0 Å². The Balaban J connectivity index is 1.41. The first-order chi connectivity index (χ1) is 10.3. The van der Waals surface area contributed by atoms with Gasteiger partial charge in [-0.25, -0.2) is 0 Å². The molecule has 21 heavy (non-hydrogen) atoms. The molecule has 1 heterocycles. The Kier molecular flexibility index (Phi) is 5.32. The second-order valence-electron chi connectivity index (χ2n) is 7.09. The minimum absolute atomic E-state index is 0.713. The summed E-state index contributed by atoms with van der Waals surface area (Å²) in [6.07, 6.45) is 9.76. The number of piperidine rings is 1. The molecule has 3 unspecified atom stereocenters. The van der Waals surface area contributed by atoms with Crippen molar-refractivity contribution in [3.05, 3.63) is 35.9 Å². The standard InChI is InChI=1S/C19H30N2/c1-21(14-13-16-7-3-2-4-8-16)15-18-12-11-17-9-5-6-10-19(17)20-18/h2-4,7-8,17-20H,5-6,9-15H2,1H3. The van der Waals surface area contributed by atoms with Crippen molar-refractivity contribution in [2.45, 2.75) is 57.0 Å². The molecule has 3 atom stereocenters. The van der Waals surface area contributed by atoms with Gasteiger partial charge in [-0.1, -0.05) is 43.2 Å². The van der Waals surface area contributed by atoms with Gasteiger partial charge in [0.25, 0.3) is 0 Å². The molecule has 1 saturated carbocycles. The van der Waals surface area contributed by atoms with Gasteiger partial charge in [0.15, 0.2) is 0 Å². The highest BCUT2D eigenvalue weighted by molar-refractivity contribution is 5.14. The molecule has 1 aliphatic carbocycles. The molecule has 1 aliphatic heterocycles. The molecule has 1 aromatic rings. The van der Waals surface area contributed by atoms with Crippen LogP contribution in [0.2, 0.25) is 0 Å². The third-order valence-electron chi connectivity index (χ3n) is 5.40. The number of nitrogens with zero attached hydrogens (tertiary/aromatic N) is 1. The number of benzene rings is 1. The van der Waals surface area contributed by atoms with Crippen molar-refractivity contribution in [2.24, 2.45) is 5.92 Å². The fraction of sp³-hybridized carbons (Fsp3) is 0.684. The van der Waals surface area contributed by atoms with Crippen molar-refractivity contribution in [2.75, 3.05) is 20.1 Å². The second kappa shape index (κ2) is 7.42. The number of fused-ring (bicyclic) bond motifs is 1. The van der Waals surface area contributed by atoms with Crippen LogP contribution < -0.4 is 5.32 Å². The van der Waals surface area contributed by atoms with E-state index >= 15 is 0 Å². The van der Waals surface area contributed by atoms with Gasteiger partial charge in [0.05, 0.1) is 0 Å². The number of likely N-dealkylation sites (N-methyl/N-ethyl adjacent to an activating group) is 1. The molecule has 2 fully saturated rings. The van der Waals surface area contributed by atoms with Crippen molar-refractivity contribution in [3.63, 3.8) is 0 Å². The Morgan fingerprint density at radius 3 is 2.71 bits per heavy atom. The highest BCUT2D eigenvalue weighted by Gasteiger charge is 2.31. The summed E-state index contributed by atoms with van der Waals surface area (Å²) < 4.78 is 0. The summed E-state index contributed by atoms with van der Waals surface area (Å²) in [4.78, 5) is 2.51. The van der Waals surface area contributed by atoms with Crippen LogP contribution in [-0.2, 0) is 6.42 Å². The average molecular weight is 286 g/mol. The van der Waals surface area contributed by atoms with Crippen molar-refractivity contribution in [1.29, 1.82) is 0 Å². The van der Waals surface area contributed by atoms with E-state index in [2.05, 4.69) is 47.6 Å². The molecular formula is C19H30N2. The molecule has 116 valence electrons. The van der Waals surface area contributed by atoms with Crippen LogP contribution >= 0.6 is 0 Å². The molecule has 0 spiro atoms. The molecule has 0 bridgehead atoms. The number of hydrogen-bond donors (Lipinski definition) is 1. The molecule has 3 rings (SSSR count). The average Bonchev–Trinajstić information content (AvgIpc) is 2.54. The van der Waals surface area contributed by atoms with E-state index in [0.717, 1.165) is 24.9 Å². The lowest BCUT2D eigenvalue weighted by Gasteiger charge is -2.41. The fourth-order valence-corrected chi connectivity index (χ4v) is 4.15. The lowest BCUT2D eigenvalue weighted by molar-refractivity contribution is 0.153. The van der Waals surface area contributed by atoms with Crippen LogP contribution in [0.25, 0.3) is 0 Å². The van der Waals surface area contributed by atoms with E-state index in [-0.39, 0.29) is 0 Å². The zero-order chi connectivity index (χ0) is 14.5. The van der Waals surface area contributed by atoms with Gasteiger partial charge < -0.3 is 10.2 Å². The summed E-state index contributed by atoms with van der Waals surface area (Å²) in [5.41, 5.74) is 1.45. The van der Waals surface area contributed by atoms with Gasteiger partial charge in [0, 0.05) is 25.2 Å². The predicted octanol–water partition coefficient (Wildman–Crippen LogP) is 3.47. The van der Waals surface area contributed by atoms with Gasteiger partial charge in [-0.2, -0.15) is 0 Å². The molecule has 1 aromatic carbocycles. The number of nitrogens with one attached hydrogen (secondary N) is 1. The molecule has 0 aromatic heterocycles. The van der Waals surface area contributed by atoms with Gasteiger partial charge in [-0.3, -0.25) is 0 Å². The maximum Gasteiger partial charge on any atom is 0.0197 e. The van der Waals surface area contributed by atoms with Crippen LogP contribution in [0, 0.1) is 5.92 Å². The molecule has 0 amide bonds. The quantitative estimate of drug-likeness (QED) is 0.891. The SMILES string of the molecule is CN(CCc1ccccc1)CC1CCC2CCCCC2N1. The summed E-state index contributed by atoms with van der Waals surface area (Å²) in [5, 5.41) is 3.94. The van der Waals surface area contributed by atoms with Crippen molar-refractivity contribution < 1.29 is 0 Å². The Hall–Kier alpha value is -0.860. The Morgan fingerprint density at radius 1 is 1.05 bits per heavy atom. The Labute approximate surface area is 129 Å². The molecule has 2 heteroatoms.